The third-order valence-corrected chi connectivity index (χ3v) is 4.28. The Balaban J connectivity index is 1.91. The van der Waals surface area contributed by atoms with Crippen LogP contribution in [0.25, 0.3) is 5.57 Å². The van der Waals surface area contributed by atoms with Crippen LogP contribution in [0.3, 0.4) is 0 Å². The fourth-order valence-electron chi connectivity index (χ4n) is 2.53. The van der Waals surface area contributed by atoms with Crippen LogP contribution in [-0.2, 0) is 0 Å². The molecule has 1 saturated heterocycles. The van der Waals surface area contributed by atoms with Crippen LogP contribution in [0.1, 0.15) is 18.4 Å². The van der Waals surface area contributed by atoms with E-state index >= 15 is 0 Å². The van der Waals surface area contributed by atoms with E-state index in [1.165, 1.54) is 24.1 Å². The molecule has 90 valence electrons. The first-order chi connectivity index (χ1) is 8.28. The molecule has 1 aliphatic heterocycles. The summed E-state index contributed by atoms with van der Waals surface area (Å²) in [7, 11) is 1.67. The molecule has 0 saturated carbocycles. The van der Waals surface area contributed by atoms with Gasteiger partial charge >= 0.3 is 0 Å². The average molecular weight is 295 g/mol. The van der Waals surface area contributed by atoms with Gasteiger partial charge in [-0.3, -0.25) is 0 Å². The third-order valence-electron chi connectivity index (χ3n) is 3.69. The number of fused-ring (bicyclic) bond motifs is 1. The molecule has 1 aromatic rings. The van der Waals surface area contributed by atoms with Crippen molar-refractivity contribution in [1.29, 1.82) is 0 Å². The number of ether oxygens (including phenoxy) is 1. The molecule has 0 aromatic carbocycles. The van der Waals surface area contributed by atoms with Gasteiger partial charge in [-0.05, 0) is 51.9 Å². The monoisotopic (exact) mass is 294 g/mol. The summed E-state index contributed by atoms with van der Waals surface area (Å²) in [6, 6.07) is 2.63. The van der Waals surface area contributed by atoms with E-state index in [1.54, 1.807) is 7.11 Å². The van der Waals surface area contributed by atoms with Gasteiger partial charge in [0.05, 0.1) is 7.11 Å². The lowest BCUT2D eigenvalue weighted by Gasteiger charge is -2.40. The number of methoxy groups -OCH3 is 1. The van der Waals surface area contributed by atoms with Gasteiger partial charge in [0, 0.05) is 18.8 Å². The Morgan fingerprint density at radius 2 is 2.41 bits per heavy atom. The Kier molecular flexibility index (Phi) is 2.92. The number of nitrogens with zero attached hydrogens (tertiary/aromatic N) is 1. The number of rotatable bonds is 2. The molecule has 4 heteroatoms. The highest BCUT2D eigenvalue weighted by Gasteiger charge is 2.31. The second kappa shape index (κ2) is 4.42. The van der Waals surface area contributed by atoms with Crippen molar-refractivity contribution in [3.63, 3.8) is 0 Å². The first kappa shape index (κ1) is 11.2. The van der Waals surface area contributed by atoms with Crippen LogP contribution in [0, 0.1) is 5.92 Å². The van der Waals surface area contributed by atoms with Crippen molar-refractivity contribution in [2.24, 2.45) is 5.92 Å². The van der Waals surface area contributed by atoms with Crippen LogP contribution >= 0.6 is 15.9 Å². The average Bonchev–Trinajstić information content (AvgIpc) is 2.32. The molecule has 17 heavy (non-hydrogen) atoms. The second-order valence-electron chi connectivity index (χ2n) is 4.64. The zero-order chi connectivity index (χ0) is 11.8. The molecule has 3 nitrogen and oxygen atoms in total. The van der Waals surface area contributed by atoms with Crippen molar-refractivity contribution in [2.75, 3.05) is 13.7 Å². The summed E-state index contributed by atoms with van der Waals surface area (Å²) in [6.45, 7) is 1.18. The van der Waals surface area contributed by atoms with E-state index in [0.717, 1.165) is 22.7 Å². The molecule has 1 fully saturated rings. The highest BCUT2D eigenvalue weighted by Crippen LogP contribution is 2.35. The standard InChI is InChI=1S/C13H15BrN2O/c1-17-12-5-10(7-16-13(12)14)8-2-3-9-6-15-11(9)4-8/h4-5,7,9,11,15H,2-3,6H2,1H3/t9-,11-/m0/s1. The molecule has 0 unspecified atom stereocenters. The van der Waals surface area contributed by atoms with Gasteiger partial charge in [-0.1, -0.05) is 6.08 Å². The Morgan fingerprint density at radius 1 is 1.53 bits per heavy atom. The van der Waals surface area contributed by atoms with Crippen molar-refractivity contribution in [2.45, 2.75) is 18.9 Å². The van der Waals surface area contributed by atoms with Crippen molar-refractivity contribution >= 4 is 21.5 Å². The minimum absolute atomic E-state index is 0.577. The van der Waals surface area contributed by atoms with Gasteiger partial charge in [0.2, 0.25) is 0 Å². The fraction of sp³-hybridized carbons (Fsp3) is 0.462. The Bertz CT molecular complexity index is 472. The van der Waals surface area contributed by atoms with Crippen LogP contribution in [0.15, 0.2) is 22.9 Å². The van der Waals surface area contributed by atoms with E-state index in [1.807, 2.05) is 6.20 Å². The largest absolute Gasteiger partial charge is 0.494 e. The molecular weight excluding hydrogens is 280 g/mol. The quantitative estimate of drug-likeness (QED) is 0.852. The molecule has 0 radical (unpaired) electrons. The Labute approximate surface area is 109 Å². The minimum atomic E-state index is 0.577. The fourth-order valence-corrected chi connectivity index (χ4v) is 2.90. The predicted molar refractivity (Wildman–Crippen MR) is 71.0 cm³/mol. The van der Waals surface area contributed by atoms with Crippen LogP contribution in [0.4, 0.5) is 0 Å². The third kappa shape index (κ3) is 2.00. The normalized spacial score (nSPS) is 26.8. The molecule has 2 aliphatic rings. The van der Waals surface area contributed by atoms with Crippen molar-refractivity contribution in [1.82, 2.24) is 10.3 Å². The van der Waals surface area contributed by atoms with E-state index < -0.39 is 0 Å². The van der Waals surface area contributed by atoms with Crippen LogP contribution in [0.2, 0.25) is 0 Å². The Hall–Kier alpha value is -0.870. The first-order valence-corrected chi connectivity index (χ1v) is 6.71. The predicted octanol–water partition coefficient (Wildman–Crippen LogP) is 2.62. The molecule has 1 aliphatic carbocycles. The smallest absolute Gasteiger partial charge is 0.152 e. The number of aromatic nitrogens is 1. The number of nitrogens with one attached hydrogen (secondary N) is 1. The van der Waals surface area contributed by atoms with Gasteiger partial charge in [0.25, 0.3) is 0 Å². The molecule has 0 spiro atoms. The minimum Gasteiger partial charge on any atom is -0.494 e. The molecule has 1 N–H and O–H groups in total. The summed E-state index contributed by atoms with van der Waals surface area (Å²) in [6.07, 6.45) is 6.69. The molecule has 0 bridgehead atoms. The Morgan fingerprint density at radius 3 is 3.06 bits per heavy atom. The second-order valence-corrected chi connectivity index (χ2v) is 5.39. The van der Waals surface area contributed by atoms with Crippen molar-refractivity contribution in [3.8, 4) is 5.75 Å². The number of hydrogen-bond donors (Lipinski definition) is 1. The maximum absolute atomic E-state index is 5.29. The van der Waals surface area contributed by atoms with E-state index in [9.17, 15) is 0 Å². The highest BCUT2D eigenvalue weighted by atomic mass is 79.9. The van der Waals surface area contributed by atoms with Gasteiger partial charge in [0.15, 0.2) is 5.75 Å². The number of allylic oxidation sites excluding steroid dienone is 1. The van der Waals surface area contributed by atoms with Gasteiger partial charge in [-0.25, -0.2) is 4.98 Å². The topological polar surface area (TPSA) is 34.1 Å². The van der Waals surface area contributed by atoms with Crippen LogP contribution in [0.5, 0.6) is 5.75 Å². The van der Waals surface area contributed by atoms with Gasteiger partial charge in [-0.2, -0.15) is 0 Å². The van der Waals surface area contributed by atoms with E-state index in [0.29, 0.717) is 6.04 Å². The zero-order valence-electron chi connectivity index (χ0n) is 9.74. The maximum Gasteiger partial charge on any atom is 0.152 e. The summed E-state index contributed by atoms with van der Waals surface area (Å²) in [4.78, 5) is 4.32. The van der Waals surface area contributed by atoms with Crippen molar-refractivity contribution < 1.29 is 4.74 Å². The molecule has 0 amide bonds. The van der Waals surface area contributed by atoms with Gasteiger partial charge in [-0.15, -0.1) is 0 Å². The van der Waals surface area contributed by atoms with E-state index in [2.05, 4.69) is 38.4 Å². The summed E-state index contributed by atoms with van der Waals surface area (Å²) in [5, 5.41) is 3.45. The summed E-state index contributed by atoms with van der Waals surface area (Å²) in [5.74, 6) is 1.65. The molecule has 2 heterocycles. The number of hydrogen-bond acceptors (Lipinski definition) is 3. The van der Waals surface area contributed by atoms with E-state index in [4.69, 9.17) is 4.74 Å². The maximum atomic E-state index is 5.29. The lowest BCUT2D eigenvalue weighted by Crippen LogP contribution is -2.52. The summed E-state index contributed by atoms with van der Waals surface area (Å²) >= 11 is 3.38. The van der Waals surface area contributed by atoms with E-state index in [-0.39, 0.29) is 0 Å². The molecular formula is C13H15BrN2O. The molecule has 1 aromatic heterocycles. The lowest BCUT2D eigenvalue weighted by atomic mass is 9.79. The number of halogens is 1. The van der Waals surface area contributed by atoms with Gasteiger partial charge < -0.3 is 10.1 Å². The number of pyridine rings is 1. The molecule has 3 rings (SSSR count). The first-order valence-electron chi connectivity index (χ1n) is 5.92. The van der Waals surface area contributed by atoms with Gasteiger partial charge in [0.1, 0.15) is 4.60 Å². The lowest BCUT2D eigenvalue weighted by molar-refractivity contribution is 0.256. The summed E-state index contributed by atoms with van der Waals surface area (Å²) < 4.78 is 6.05. The van der Waals surface area contributed by atoms with Crippen molar-refractivity contribution in [3.05, 3.63) is 28.5 Å². The highest BCUT2D eigenvalue weighted by molar-refractivity contribution is 9.10. The van der Waals surface area contributed by atoms with Crippen LogP contribution in [-0.4, -0.2) is 24.7 Å². The molecule has 2 atom stereocenters. The van der Waals surface area contributed by atoms with Crippen LogP contribution < -0.4 is 10.1 Å². The SMILES string of the molecule is COc1cc(C2=C[C@@H]3NC[C@@H]3CC2)cnc1Br. The zero-order valence-corrected chi connectivity index (χ0v) is 11.3. The summed E-state index contributed by atoms with van der Waals surface area (Å²) in [5.41, 5.74) is 2.56.